The van der Waals surface area contributed by atoms with Crippen LogP contribution in [0.25, 0.3) is 0 Å². The average Bonchev–Trinajstić information content (AvgIpc) is 3.22. The number of nitrogens with one attached hydrogen (secondary N) is 1. The van der Waals surface area contributed by atoms with Crippen LogP contribution in [0.3, 0.4) is 0 Å². The maximum absolute atomic E-state index is 12.6. The first-order chi connectivity index (χ1) is 12.7. The average molecular weight is 359 g/mol. The van der Waals surface area contributed by atoms with Crippen molar-refractivity contribution in [2.45, 2.75) is 37.8 Å². The number of rotatable bonds is 6. The molecule has 4 rings (SSSR count). The number of morpholine rings is 1. The van der Waals surface area contributed by atoms with Gasteiger partial charge in [-0.1, -0.05) is 6.92 Å². The Morgan fingerprint density at radius 1 is 1.42 bits per heavy atom. The largest absolute Gasteiger partial charge is 0.447 e. The Hall–Kier alpha value is -2.19. The van der Waals surface area contributed by atoms with Gasteiger partial charge < -0.3 is 14.5 Å². The second-order valence-corrected chi connectivity index (χ2v) is 6.91. The molecule has 0 radical (unpaired) electrons. The number of aromatic nitrogens is 3. The zero-order valence-corrected chi connectivity index (χ0v) is 15.2. The van der Waals surface area contributed by atoms with Gasteiger partial charge >= 0.3 is 0 Å². The smallest absolute Gasteiger partial charge is 0.273 e. The van der Waals surface area contributed by atoms with Gasteiger partial charge in [-0.3, -0.25) is 14.4 Å². The molecule has 1 aliphatic heterocycles. The maximum Gasteiger partial charge on any atom is 0.273 e. The quantitative estimate of drug-likeness (QED) is 0.841. The molecule has 0 spiro atoms. The van der Waals surface area contributed by atoms with Crippen molar-refractivity contribution in [3.05, 3.63) is 35.8 Å². The van der Waals surface area contributed by atoms with Crippen LogP contribution in [0.1, 0.15) is 53.7 Å². The van der Waals surface area contributed by atoms with E-state index in [1.165, 1.54) is 6.39 Å². The van der Waals surface area contributed by atoms with E-state index < -0.39 is 0 Å². The van der Waals surface area contributed by atoms with Gasteiger partial charge in [-0.2, -0.15) is 5.10 Å². The van der Waals surface area contributed by atoms with Gasteiger partial charge in [0, 0.05) is 32.3 Å². The summed E-state index contributed by atoms with van der Waals surface area (Å²) in [6, 6.07) is 2.07. The summed E-state index contributed by atoms with van der Waals surface area (Å²) in [5.74, 6) is 0.869. The molecule has 3 heterocycles. The van der Waals surface area contributed by atoms with Crippen molar-refractivity contribution in [1.82, 2.24) is 25.0 Å². The highest BCUT2D eigenvalue weighted by molar-refractivity contribution is 5.93. The third kappa shape index (κ3) is 3.26. The van der Waals surface area contributed by atoms with Gasteiger partial charge in [0.2, 0.25) is 0 Å². The summed E-state index contributed by atoms with van der Waals surface area (Å²) in [7, 11) is 1.94. The number of carbonyl (C=O) groups is 1. The molecule has 2 aromatic heterocycles. The van der Waals surface area contributed by atoms with E-state index in [0.717, 1.165) is 31.6 Å². The van der Waals surface area contributed by atoms with Gasteiger partial charge in [0.15, 0.2) is 12.1 Å². The van der Waals surface area contributed by atoms with E-state index in [0.29, 0.717) is 30.5 Å². The van der Waals surface area contributed by atoms with E-state index in [-0.39, 0.29) is 18.1 Å². The molecule has 2 aromatic rings. The van der Waals surface area contributed by atoms with Crippen LogP contribution in [0.15, 0.2) is 23.1 Å². The summed E-state index contributed by atoms with van der Waals surface area (Å²) in [6.07, 6.45) is 5.14. The van der Waals surface area contributed by atoms with E-state index in [9.17, 15) is 4.79 Å². The van der Waals surface area contributed by atoms with Crippen LogP contribution >= 0.6 is 0 Å². The number of hydrogen-bond donors (Lipinski definition) is 1. The van der Waals surface area contributed by atoms with Crippen LogP contribution in [0.5, 0.6) is 0 Å². The van der Waals surface area contributed by atoms with Gasteiger partial charge in [0.25, 0.3) is 5.91 Å². The monoisotopic (exact) mass is 359 g/mol. The molecule has 2 aliphatic rings. The highest BCUT2D eigenvalue weighted by atomic mass is 16.5. The van der Waals surface area contributed by atoms with Crippen LogP contribution in [-0.2, 0) is 11.8 Å². The number of nitrogens with zero attached hydrogens (tertiary/aromatic N) is 4. The van der Waals surface area contributed by atoms with E-state index in [4.69, 9.17) is 9.15 Å². The molecule has 1 saturated heterocycles. The van der Waals surface area contributed by atoms with Crippen molar-refractivity contribution in [3.63, 3.8) is 0 Å². The third-order valence-corrected chi connectivity index (χ3v) is 5.25. The summed E-state index contributed by atoms with van der Waals surface area (Å²) >= 11 is 0. The molecule has 8 nitrogen and oxygen atoms in total. The lowest BCUT2D eigenvalue weighted by atomic mass is 10.0. The molecular weight excluding hydrogens is 334 g/mol. The number of amides is 1. The minimum Gasteiger partial charge on any atom is -0.447 e. The number of oxazole rings is 1. The van der Waals surface area contributed by atoms with E-state index in [2.05, 4.69) is 27.2 Å². The molecule has 0 bridgehead atoms. The minimum atomic E-state index is -0.193. The summed E-state index contributed by atoms with van der Waals surface area (Å²) in [4.78, 5) is 19.1. The fourth-order valence-corrected chi connectivity index (χ4v) is 3.70. The lowest BCUT2D eigenvalue weighted by molar-refractivity contribution is -0.0709. The SMILES string of the molecule is CCN1CCO[C@@H](CNC(=O)c2ncoc2C2CC2)[C@@H]1c1ccnn1C. The Kier molecular flexibility index (Phi) is 4.78. The Labute approximate surface area is 152 Å². The molecule has 1 saturated carbocycles. The molecule has 2 fully saturated rings. The van der Waals surface area contributed by atoms with Crippen LogP contribution in [-0.4, -0.2) is 57.9 Å². The van der Waals surface area contributed by atoms with Crippen molar-refractivity contribution >= 4 is 5.91 Å². The summed E-state index contributed by atoms with van der Waals surface area (Å²) in [5, 5.41) is 7.28. The lowest BCUT2D eigenvalue weighted by Crippen LogP contribution is -2.50. The number of aryl methyl sites for hydroxylation is 1. The fourth-order valence-electron chi connectivity index (χ4n) is 3.70. The van der Waals surface area contributed by atoms with Gasteiger partial charge in [-0.15, -0.1) is 0 Å². The van der Waals surface area contributed by atoms with Crippen molar-refractivity contribution in [2.24, 2.45) is 7.05 Å². The Balaban J connectivity index is 1.47. The Morgan fingerprint density at radius 2 is 2.27 bits per heavy atom. The lowest BCUT2D eigenvalue weighted by Gasteiger charge is -2.40. The van der Waals surface area contributed by atoms with Crippen LogP contribution in [0.4, 0.5) is 0 Å². The van der Waals surface area contributed by atoms with E-state index in [1.807, 2.05) is 17.8 Å². The normalized spacial score (nSPS) is 23.9. The van der Waals surface area contributed by atoms with Crippen molar-refractivity contribution in [3.8, 4) is 0 Å². The highest BCUT2D eigenvalue weighted by Crippen LogP contribution is 2.41. The summed E-state index contributed by atoms with van der Waals surface area (Å²) in [6.45, 7) is 4.99. The van der Waals surface area contributed by atoms with Crippen molar-refractivity contribution in [2.75, 3.05) is 26.2 Å². The first-order valence-corrected chi connectivity index (χ1v) is 9.24. The second-order valence-electron chi connectivity index (χ2n) is 6.91. The molecule has 0 aromatic carbocycles. The van der Waals surface area contributed by atoms with Gasteiger partial charge in [-0.05, 0) is 25.5 Å². The molecule has 1 N–H and O–H groups in total. The molecule has 1 amide bonds. The summed E-state index contributed by atoms with van der Waals surface area (Å²) < 4.78 is 13.3. The second kappa shape index (κ2) is 7.20. The number of likely N-dealkylation sites (N-methyl/N-ethyl adjacent to an activating group) is 1. The maximum atomic E-state index is 12.6. The van der Waals surface area contributed by atoms with Crippen LogP contribution in [0.2, 0.25) is 0 Å². The minimum absolute atomic E-state index is 0.0572. The number of hydrogen-bond acceptors (Lipinski definition) is 6. The van der Waals surface area contributed by atoms with E-state index in [1.54, 1.807) is 6.20 Å². The molecule has 8 heteroatoms. The standard InChI is InChI=1S/C18H25N5O3/c1-3-23-8-9-25-14(16(23)13-6-7-21-22(13)2)10-19-18(24)15-17(12-4-5-12)26-11-20-15/h6-7,11-12,14,16H,3-5,8-10H2,1-2H3,(H,19,24)/t14-,16-/m0/s1. The van der Waals surface area contributed by atoms with Crippen LogP contribution in [0, 0.1) is 0 Å². The topological polar surface area (TPSA) is 85.4 Å². The highest BCUT2D eigenvalue weighted by Gasteiger charge is 2.36. The predicted octanol–water partition coefficient (Wildman–Crippen LogP) is 1.48. The number of ether oxygens (including phenoxy) is 1. The van der Waals surface area contributed by atoms with Gasteiger partial charge in [-0.25, -0.2) is 4.98 Å². The molecule has 140 valence electrons. The van der Waals surface area contributed by atoms with Gasteiger partial charge in [0.05, 0.1) is 24.4 Å². The predicted molar refractivity (Wildman–Crippen MR) is 93.7 cm³/mol. The molecule has 26 heavy (non-hydrogen) atoms. The first-order valence-electron chi connectivity index (χ1n) is 9.24. The zero-order valence-electron chi connectivity index (χ0n) is 15.2. The molecule has 0 unspecified atom stereocenters. The zero-order chi connectivity index (χ0) is 18.1. The van der Waals surface area contributed by atoms with Crippen molar-refractivity contribution in [1.29, 1.82) is 0 Å². The first kappa shape index (κ1) is 17.2. The molecule has 1 aliphatic carbocycles. The van der Waals surface area contributed by atoms with Gasteiger partial charge in [0.1, 0.15) is 5.76 Å². The summed E-state index contributed by atoms with van der Waals surface area (Å²) in [5.41, 5.74) is 1.50. The van der Waals surface area contributed by atoms with Crippen LogP contribution < -0.4 is 5.32 Å². The van der Waals surface area contributed by atoms with Crippen molar-refractivity contribution < 1.29 is 13.9 Å². The fraction of sp³-hybridized carbons (Fsp3) is 0.611. The Morgan fingerprint density at radius 3 is 2.96 bits per heavy atom. The number of carbonyl (C=O) groups excluding carboxylic acids is 1. The molecular formula is C18H25N5O3. The third-order valence-electron chi connectivity index (χ3n) is 5.25. The Bertz CT molecular complexity index is 766. The molecule has 2 atom stereocenters. The van der Waals surface area contributed by atoms with E-state index >= 15 is 0 Å².